The highest BCUT2D eigenvalue weighted by Crippen LogP contribution is 2.28. The van der Waals surface area contributed by atoms with Gasteiger partial charge in [-0.2, -0.15) is 0 Å². The predicted octanol–water partition coefficient (Wildman–Crippen LogP) is 2.36. The van der Waals surface area contributed by atoms with Crippen LogP contribution < -0.4 is 11.1 Å². The van der Waals surface area contributed by atoms with Crippen molar-refractivity contribution in [3.05, 3.63) is 33.9 Å². The number of benzene rings is 1. The number of aryl methyl sites for hydroxylation is 1. The molecule has 3 N–H and O–H groups in total. The second-order valence-electron chi connectivity index (χ2n) is 5.38. The highest BCUT2D eigenvalue weighted by atomic mass is 16.6. The fourth-order valence-electron chi connectivity index (χ4n) is 2.53. The molecule has 1 aliphatic carbocycles. The van der Waals surface area contributed by atoms with E-state index in [9.17, 15) is 14.9 Å². The van der Waals surface area contributed by atoms with Crippen molar-refractivity contribution >= 4 is 17.3 Å². The smallest absolute Gasteiger partial charge is 0.292 e. The van der Waals surface area contributed by atoms with Crippen molar-refractivity contribution in [3.63, 3.8) is 0 Å². The Morgan fingerprint density at radius 3 is 2.60 bits per heavy atom. The number of nitrogens with two attached hydrogens (primary N) is 1. The first-order chi connectivity index (χ1) is 9.47. The first-order valence-corrected chi connectivity index (χ1v) is 6.79. The van der Waals surface area contributed by atoms with E-state index in [1.54, 1.807) is 12.1 Å². The number of rotatable bonds is 3. The van der Waals surface area contributed by atoms with Gasteiger partial charge in [0, 0.05) is 18.0 Å². The third kappa shape index (κ3) is 3.33. The van der Waals surface area contributed by atoms with Gasteiger partial charge in [-0.15, -0.1) is 0 Å². The molecule has 1 fully saturated rings. The number of hydrogen-bond acceptors (Lipinski definition) is 4. The van der Waals surface area contributed by atoms with E-state index in [0.29, 0.717) is 0 Å². The Bertz CT molecular complexity index is 522. The molecule has 0 bridgehead atoms. The van der Waals surface area contributed by atoms with Gasteiger partial charge in [-0.25, -0.2) is 0 Å². The van der Waals surface area contributed by atoms with E-state index in [2.05, 4.69) is 5.32 Å². The summed E-state index contributed by atoms with van der Waals surface area (Å²) in [5.74, 6) is -0.250. The van der Waals surface area contributed by atoms with Gasteiger partial charge in [0.25, 0.3) is 5.69 Å². The Balaban J connectivity index is 2.11. The third-order valence-electron chi connectivity index (χ3n) is 3.75. The maximum absolute atomic E-state index is 12.2. The molecule has 1 aromatic carbocycles. The van der Waals surface area contributed by atoms with Crippen molar-refractivity contribution in [2.45, 2.75) is 38.6 Å². The molecular weight excluding hydrogens is 258 g/mol. The van der Waals surface area contributed by atoms with E-state index in [0.717, 1.165) is 31.2 Å². The average molecular weight is 277 g/mol. The van der Waals surface area contributed by atoms with Gasteiger partial charge in [-0.3, -0.25) is 14.9 Å². The molecule has 0 saturated heterocycles. The van der Waals surface area contributed by atoms with Gasteiger partial charge in [0.05, 0.1) is 4.92 Å². The van der Waals surface area contributed by atoms with Crippen LogP contribution in [0.3, 0.4) is 0 Å². The Morgan fingerprint density at radius 2 is 2.00 bits per heavy atom. The summed E-state index contributed by atoms with van der Waals surface area (Å²) in [5.41, 5.74) is 6.88. The minimum Gasteiger partial charge on any atom is -0.328 e. The van der Waals surface area contributed by atoms with Crippen molar-refractivity contribution < 1.29 is 9.72 Å². The zero-order chi connectivity index (χ0) is 14.7. The van der Waals surface area contributed by atoms with E-state index < -0.39 is 4.92 Å². The van der Waals surface area contributed by atoms with Crippen LogP contribution in [0.4, 0.5) is 11.4 Å². The van der Waals surface area contributed by atoms with E-state index in [4.69, 9.17) is 5.73 Å². The largest absolute Gasteiger partial charge is 0.328 e. The molecule has 6 heteroatoms. The molecule has 0 aromatic heterocycles. The minimum absolute atomic E-state index is 0.0727. The normalized spacial score (nSPS) is 22.3. The summed E-state index contributed by atoms with van der Waals surface area (Å²) in [6.45, 7) is 1.83. The van der Waals surface area contributed by atoms with Crippen molar-refractivity contribution in [2.75, 3.05) is 5.32 Å². The molecule has 1 saturated carbocycles. The Labute approximate surface area is 117 Å². The van der Waals surface area contributed by atoms with Gasteiger partial charge < -0.3 is 11.1 Å². The SMILES string of the molecule is Cc1ccc([N+](=O)[O-])c(NC(=O)C2CCC(N)CC2)c1. The molecular formula is C14H19N3O3. The number of anilines is 1. The lowest BCUT2D eigenvalue weighted by Crippen LogP contribution is -2.32. The maximum atomic E-state index is 12.2. The van der Waals surface area contributed by atoms with Crippen molar-refractivity contribution in [1.29, 1.82) is 0 Å². The van der Waals surface area contributed by atoms with Gasteiger partial charge in [0.15, 0.2) is 0 Å². The lowest BCUT2D eigenvalue weighted by atomic mass is 9.86. The number of hydrogen-bond donors (Lipinski definition) is 2. The number of nitrogens with one attached hydrogen (secondary N) is 1. The summed E-state index contributed by atoms with van der Waals surface area (Å²) in [6.07, 6.45) is 3.14. The average Bonchev–Trinajstić information content (AvgIpc) is 2.39. The number of nitro groups is 1. The molecule has 108 valence electrons. The second-order valence-corrected chi connectivity index (χ2v) is 5.38. The predicted molar refractivity (Wildman–Crippen MR) is 76.4 cm³/mol. The van der Waals surface area contributed by atoms with Gasteiger partial charge in [0.1, 0.15) is 5.69 Å². The van der Waals surface area contributed by atoms with Crippen molar-refractivity contribution in [2.24, 2.45) is 11.7 Å². The van der Waals surface area contributed by atoms with Crippen LogP contribution in [-0.2, 0) is 4.79 Å². The monoisotopic (exact) mass is 277 g/mol. The van der Waals surface area contributed by atoms with E-state index in [-0.39, 0.29) is 29.2 Å². The summed E-state index contributed by atoms with van der Waals surface area (Å²) in [7, 11) is 0. The first kappa shape index (κ1) is 14.5. The highest BCUT2D eigenvalue weighted by Gasteiger charge is 2.26. The van der Waals surface area contributed by atoms with Crippen molar-refractivity contribution in [3.8, 4) is 0 Å². The molecule has 0 unspecified atom stereocenters. The van der Waals surface area contributed by atoms with Gasteiger partial charge >= 0.3 is 0 Å². The standard InChI is InChI=1S/C14H19N3O3/c1-9-2-7-13(17(19)20)12(8-9)16-14(18)10-3-5-11(15)6-4-10/h2,7-8,10-11H,3-6,15H2,1H3,(H,16,18). The van der Waals surface area contributed by atoms with Gasteiger partial charge in [-0.05, 0) is 44.2 Å². The first-order valence-electron chi connectivity index (χ1n) is 6.79. The summed E-state index contributed by atoms with van der Waals surface area (Å²) >= 11 is 0. The molecule has 0 spiro atoms. The van der Waals surface area contributed by atoms with Crippen molar-refractivity contribution in [1.82, 2.24) is 0 Å². The quantitative estimate of drug-likeness (QED) is 0.654. The van der Waals surface area contributed by atoms with Crippen LogP contribution in [0.5, 0.6) is 0 Å². The fourth-order valence-corrected chi connectivity index (χ4v) is 2.53. The number of amides is 1. The lowest BCUT2D eigenvalue weighted by molar-refractivity contribution is -0.383. The van der Waals surface area contributed by atoms with Crippen LogP contribution >= 0.6 is 0 Å². The molecule has 1 aromatic rings. The molecule has 0 radical (unpaired) electrons. The highest BCUT2D eigenvalue weighted by molar-refractivity contribution is 5.94. The molecule has 1 aliphatic rings. The summed E-state index contributed by atoms with van der Waals surface area (Å²) < 4.78 is 0. The zero-order valence-corrected chi connectivity index (χ0v) is 11.5. The molecule has 20 heavy (non-hydrogen) atoms. The van der Waals surface area contributed by atoms with Crippen LogP contribution in [0, 0.1) is 23.0 Å². The summed E-state index contributed by atoms with van der Waals surface area (Å²) in [4.78, 5) is 22.7. The van der Waals surface area contributed by atoms with Crippen LogP contribution in [0.15, 0.2) is 18.2 Å². The van der Waals surface area contributed by atoms with E-state index in [1.807, 2.05) is 6.92 Å². The molecule has 0 atom stereocenters. The number of carbonyl (C=O) groups excluding carboxylic acids is 1. The second kappa shape index (κ2) is 6.00. The number of carbonyl (C=O) groups is 1. The summed E-state index contributed by atoms with van der Waals surface area (Å²) in [5, 5.41) is 13.7. The number of nitrogens with zero attached hydrogens (tertiary/aromatic N) is 1. The molecule has 0 aliphatic heterocycles. The van der Waals surface area contributed by atoms with E-state index in [1.165, 1.54) is 6.07 Å². The topological polar surface area (TPSA) is 98.3 Å². The Kier molecular flexibility index (Phi) is 4.34. The molecule has 2 rings (SSSR count). The Hall–Kier alpha value is -1.95. The molecule has 0 heterocycles. The molecule has 6 nitrogen and oxygen atoms in total. The van der Waals surface area contributed by atoms with Gasteiger partial charge in [-0.1, -0.05) is 6.07 Å². The van der Waals surface area contributed by atoms with E-state index >= 15 is 0 Å². The zero-order valence-electron chi connectivity index (χ0n) is 11.5. The fraction of sp³-hybridized carbons (Fsp3) is 0.500. The maximum Gasteiger partial charge on any atom is 0.292 e. The van der Waals surface area contributed by atoms with Crippen LogP contribution in [0.1, 0.15) is 31.2 Å². The lowest BCUT2D eigenvalue weighted by Gasteiger charge is -2.25. The van der Waals surface area contributed by atoms with Crippen LogP contribution in [-0.4, -0.2) is 16.9 Å². The minimum atomic E-state index is -0.480. The van der Waals surface area contributed by atoms with Gasteiger partial charge in [0.2, 0.25) is 5.91 Å². The third-order valence-corrected chi connectivity index (χ3v) is 3.75. The summed E-state index contributed by atoms with van der Waals surface area (Å²) in [6, 6.07) is 4.88. The molecule has 1 amide bonds. The van der Waals surface area contributed by atoms with Crippen LogP contribution in [0.25, 0.3) is 0 Å². The Morgan fingerprint density at radius 1 is 1.35 bits per heavy atom. The van der Waals surface area contributed by atoms with Crippen LogP contribution in [0.2, 0.25) is 0 Å². The number of nitro benzene ring substituents is 1.